The van der Waals surface area contributed by atoms with Gasteiger partial charge in [-0.2, -0.15) is 0 Å². The van der Waals surface area contributed by atoms with Crippen LogP contribution in [0.2, 0.25) is 0 Å². The van der Waals surface area contributed by atoms with Crippen LogP contribution in [-0.2, 0) is 4.57 Å². The van der Waals surface area contributed by atoms with Crippen molar-refractivity contribution < 1.29 is 9.36 Å². The van der Waals surface area contributed by atoms with Crippen molar-refractivity contribution >= 4 is 62.8 Å². The van der Waals surface area contributed by atoms with Crippen LogP contribution in [0.4, 0.5) is 5.13 Å². The van der Waals surface area contributed by atoms with Gasteiger partial charge in [0.05, 0.1) is 15.8 Å². The number of thiazole rings is 1. The summed E-state index contributed by atoms with van der Waals surface area (Å²) >= 11 is 14.5. The summed E-state index contributed by atoms with van der Waals surface area (Å²) in [6, 6.07) is 37.0. The van der Waals surface area contributed by atoms with E-state index in [4.69, 9.17) is 28.2 Å². The van der Waals surface area contributed by atoms with Crippen molar-refractivity contribution in [3.8, 4) is 11.3 Å². The molecule has 0 amide bonds. The molecule has 0 fully saturated rings. The average molecular weight is 601 g/mol. The number of carbonyl (C=O) groups is 1. The van der Waals surface area contributed by atoms with E-state index in [9.17, 15) is 9.36 Å². The molecule has 0 spiro atoms. The van der Waals surface area contributed by atoms with Crippen LogP contribution >= 0.6 is 41.8 Å². The van der Waals surface area contributed by atoms with Gasteiger partial charge >= 0.3 is 0 Å². The Balaban J connectivity index is 1.60. The lowest BCUT2D eigenvalue weighted by Crippen LogP contribution is -2.00. The van der Waals surface area contributed by atoms with Gasteiger partial charge in [0.2, 0.25) is 13.1 Å². The summed E-state index contributed by atoms with van der Waals surface area (Å²) in [6.07, 6.45) is 0. The number of nitrogens with zero attached hydrogens (tertiary/aromatic N) is 1. The van der Waals surface area contributed by atoms with Crippen molar-refractivity contribution in [1.29, 1.82) is 0 Å². The normalized spacial score (nSPS) is 13.4. The number of rotatable bonds is 9. The highest BCUT2D eigenvalue weighted by molar-refractivity contribution is 7.72. The molecule has 1 heterocycles. The first kappa shape index (κ1) is 27.8. The summed E-state index contributed by atoms with van der Waals surface area (Å²) < 4.78 is 14.5. The number of ketones is 1. The van der Waals surface area contributed by atoms with Crippen molar-refractivity contribution in [2.75, 3.05) is 5.09 Å². The van der Waals surface area contributed by atoms with E-state index >= 15 is 0 Å². The number of carbonyl (C=O) groups excluding carboxylic acids is 1. The molecule has 0 radical (unpaired) electrons. The van der Waals surface area contributed by atoms with Crippen molar-refractivity contribution in [1.82, 2.24) is 4.98 Å². The van der Waals surface area contributed by atoms with Gasteiger partial charge in [-0.25, -0.2) is 4.98 Å². The monoisotopic (exact) mass is 600 g/mol. The second-order valence-corrected chi connectivity index (χ2v) is 12.7. The standard InChI is InChI=1S/C32H23Cl2N2O2PS/c33-27(23-13-5-1-6-14-23)21-39(38,22-28(34)24-15-7-2-8-16-24)36-32-35-29(25-17-9-3-10-18-25)31(40-32)30(37)26-19-11-4-12-20-26/h1-22H,(H,35,36,38)/b27-21-,28-22+. The van der Waals surface area contributed by atoms with Crippen LogP contribution in [0, 0.1) is 0 Å². The van der Waals surface area contributed by atoms with Crippen LogP contribution in [-0.4, -0.2) is 10.8 Å². The lowest BCUT2D eigenvalue weighted by molar-refractivity contribution is 0.104. The van der Waals surface area contributed by atoms with Gasteiger partial charge < -0.3 is 5.09 Å². The highest BCUT2D eigenvalue weighted by atomic mass is 35.5. The largest absolute Gasteiger partial charge is 0.306 e. The number of nitrogens with one attached hydrogen (secondary N) is 1. The van der Waals surface area contributed by atoms with Crippen LogP contribution < -0.4 is 5.09 Å². The third kappa shape index (κ3) is 6.70. The molecule has 4 nitrogen and oxygen atoms in total. The summed E-state index contributed by atoms with van der Waals surface area (Å²) in [5, 5.41) is 3.99. The Labute approximate surface area is 247 Å². The zero-order valence-corrected chi connectivity index (χ0v) is 24.3. The number of hydrogen-bond acceptors (Lipinski definition) is 4. The number of benzene rings is 4. The molecular formula is C32H23Cl2N2O2PS. The Kier molecular flexibility index (Phi) is 8.78. The van der Waals surface area contributed by atoms with E-state index in [0.717, 1.165) is 16.9 Å². The second kappa shape index (κ2) is 12.6. The van der Waals surface area contributed by atoms with Crippen LogP contribution in [0.1, 0.15) is 26.4 Å². The van der Waals surface area contributed by atoms with Gasteiger partial charge in [-0.1, -0.05) is 156 Å². The fourth-order valence-electron chi connectivity index (χ4n) is 3.97. The van der Waals surface area contributed by atoms with Gasteiger partial charge in [0, 0.05) is 22.8 Å². The SMILES string of the molecule is O=C(c1ccccc1)c1sc(NP(=O)(/C=C(\Cl)c2ccccc2)/C=C(/Cl)c2ccccc2)nc1-c1ccccc1. The van der Waals surface area contributed by atoms with Gasteiger partial charge in [-0.05, 0) is 11.1 Å². The second-order valence-electron chi connectivity index (χ2n) is 8.77. The van der Waals surface area contributed by atoms with Crippen molar-refractivity contribution in [3.63, 3.8) is 0 Å². The van der Waals surface area contributed by atoms with E-state index in [1.807, 2.05) is 109 Å². The van der Waals surface area contributed by atoms with Gasteiger partial charge in [0.1, 0.15) is 4.88 Å². The van der Waals surface area contributed by atoms with Crippen LogP contribution in [0.5, 0.6) is 0 Å². The van der Waals surface area contributed by atoms with E-state index in [0.29, 0.717) is 42.5 Å². The summed E-state index contributed by atoms with van der Waals surface area (Å²) in [5.74, 6) is 2.77. The lowest BCUT2D eigenvalue weighted by Gasteiger charge is -2.13. The van der Waals surface area contributed by atoms with Gasteiger partial charge in [-0.15, -0.1) is 0 Å². The summed E-state index contributed by atoms with van der Waals surface area (Å²) in [6.45, 7) is 0. The quantitative estimate of drug-likeness (QED) is 0.135. The zero-order valence-electron chi connectivity index (χ0n) is 21.1. The van der Waals surface area contributed by atoms with Gasteiger partial charge in [0.15, 0.2) is 5.13 Å². The molecule has 198 valence electrons. The number of hydrogen-bond donors (Lipinski definition) is 1. The molecule has 0 saturated heterocycles. The maximum absolute atomic E-state index is 14.5. The minimum atomic E-state index is -3.59. The van der Waals surface area contributed by atoms with Crippen LogP contribution in [0.15, 0.2) is 133 Å². The third-order valence-corrected chi connectivity index (χ3v) is 9.82. The Hall–Kier alpha value is -3.73. The smallest absolute Gasteiger partial charge is 0.217 e. The molecule has 8 heteroatoms. The molecule has 0 aliphatic heterocycles. The maximum Gasteiger partial charge on any atom is 0.217 e. The number of anilines is 1. The number of halogens is 2. The van der Waals surface area contributed by atoms with Crippen LogP contribution in [0.3, 0.4) is 0 Å². The predicted octanol–water partition coefficient (Wildman–Crippen LogP) is 10.2. The summed E-state index contributed by atoms with van der Waals surface area (Å²) in [4.78, 5) is 18.7. The van der Waals surface area contributed by atoms with Crippen LogP contribution in [0.25, 0.3) is 21.3 Å². The van der Waals surface area contributed by atoms with Gasteiger partial charge in [0.25, 0.3) is 0 Å². The molecule has 0 aliphatic rings. The first-order valence-electron chi connectivity index (χ1n) is 12.3. The molecule has 1 N–H and O–H groups in total. The average Bonchev–Trinajstić information content (AvgIpc) is 3.41. The zero-order chi connectivity index (χ0) is 28.0. The van der Waals surface area contributed by atoms with Gasteiger partial charge in [-0.3, -0.25) is 9.36 Å². The summed E-state index contributed by atoms with van der Waals surface area (Å²) in [7, 11) is -3.59. The van der Waals surface area contributed by atoms with Crippen molar-refractivity contribution in [2.45, 2.75) is 0 Å². The molecule has 1 unspecified atom stereocenters. The molecule has 5 rings (SSSR count). The molecule has 1 atom stereocenters. The van der Waals surface area contributed by atoms with E-state index in [2.05, 4.69) is 5.09 Å². The van der Waals surface area contributed by atoms with E-state index in [-0.39, 0.29) is 5.78 Å². The lowest BCUT2D eigenvalue weighted by atomic mass is 10.1. The molecular weight excluding hydrogens is 578 g/mol. The molecule has 40 heavy (non-hydrogen) atoms. The highest BCUT2D eigenvalue weighted by Gasteiger charge is 2.25. The van der Waals surface area contributed by atoms with E-state index in [1.165, 1.54) is 11.6 Å². The minimum Gasteiger partial charge on any atom is -0.306 e. The summed E-state index contributed by atoms with van der Waals surface area (Å²) in [5.41, 5.74) is 3.23. The Morgan fingerprint density at radius 2 is 1.10 bits per heavy atom. The Morgan fingerprint density at radius 3 is 1.57 bits per heavy atom. The minimum absolute atomic E-state index is 0.171. The predicted molar refractivity (Wildman–Crippen MR) is 169 cm³/mol. The van der Waals surface area contributed by atoms with Crippen molar-refractivity contribution in [2.24, 2.45) is 0 Å². The van der Waals surface area contributed by atoms with E-state index < -0.39 is 7.29 Å². The fraction of sp³-hybridized carbons (Fsp3) is 0. The topological polar surface area (TPSA) is 59.1 Å². The molecule has 0 saturated carbocycles. The molecule has 1 aromatic heterocycles. The third-order valence-electron chi connectivity index (χ3n) is 5.90. The van der Waals surface area contributed by atoms with Crippen molar-refractivity contribution in [3.05, 3.63) is 155 Å². The highest BCUT2D eigenvalue weighted by Crippen LogP contribution is 2.54. The molecule has 0 aliphatic carbocycles. The van der Waals surface area contributed by atoms with E-state index in [1.54, 1.807) is 12.1 Å². The first-order chi connectivity index (χ1) is 19.4. The Morgan fingerprint density at radius 1 is 0.675 bits per heavy atom. The molecule has 0 bridgehead atoms. The number of aromatic nitrogens is 1. The Bertz CT molecular complexity index is 1660. The first-order valence-corrected chi connectivity index (χ1v) is 15.7. The molecule has 5 aromatic rings. The fourth-order valence-corrected chi connectivity index (χ4v) is 8.02. The maximum atomic E-state index is 14.5. The molecule has 4 aromatic carbocycles.